The highest BCUT2D eigenvalue weighted by atomic mass is 32.1. The second-order valence-electron chi connectivity index (χ2n) is 7.78. The van der Waals surface area contributed by atoms with Crippen molar-refractivity contribution >= 4 is 22.9 Å². The molecule has 2 aliphatic rings. The number of ether oxygens (including phenoxy) is 1. The number of nitrogens with zero attached hydrogens (tertiary/aromatic N) is 2. The maximum atomic E-state index is 11.3. The fourth-order valence-electron chi connectivity index (χ4n) is 4.34. The molecule has 6 heteroatoms. The molecular weight excluding hydrogens is 370 g/mol. The number of benzene rings is 1. The van der Waals surface area contributed by atoms with E-state index >= 15 is 0 Å². The summed E-state index contributed by atoms with van der Waals surface area (Å²) < 4.78 is 5.86. The lowest BCUT2D eigenvalue weighted by Gasteiger charge is -2.34. The summed E-state index contributed by atoms with van der Waals surface area (Å²) in [6.07, 6.45) is 7.56. The molecule has 150 valence electrons. The Balaban J connectivity index is 1.35. The number of hydrogen-bond acceptors (Lipinski definition) is 5. The lowest BCUT2D eigenvalue weighted by molar-refractivity contribution is -0.121. The number of hydrogen-bond donors (Lipinski definition) is 1. The molecular formula is C22H29N3O2S. The second-order valence-corrected chi connectivity index (χ2v) is 8.87. The predicted octanol–water partition coefficient (Wildman–Crippen LogP) is 4.58. The van der Waals surface area contributed by atoms with Gasteiger partial charge in [0.1, 0.15) is 5.75 Å². The number of rotatable bonds is 7. The number of carbonyl (C=O) groups is 1. The monoisotopic (exact) mass is 399 g/mol. The minimum absolute atomic E-state index is 0.432. The molecule has 1 aromatic carbocycles. The number of para-hydroxylation sites is 1. The van der Waals surface area contributed by atoms with Gasteiger partial charge in [-0.25, -0.2) is 4.98 Å². The topological polar surface area (TPSA) is 54.5 Å². The molecule has 1 N–H and O–H groups in total. The number of aromatic nitrogens is 1. The van der Waals surface area contributed by atoms with Crippen LogP contribution in [-0.2, 0) is 11.2 Å². The van der Waals surface area contributed by atoms with E-state index in [-0.39, 0.29) is 0 Å². The smallest absolute Gasteiger partial charge is 0.209 e. The number of fused-ring (bicyclic) bond motifs is 3. The van der Waals surface area contributed by atoms with Gasteiger partial charge in [-0.05, 0) is 50.2 Å². The summed E-state index contributed by atoms with van der Waals surface area (Å²) in [6.45, 7) is 4.69. The fourth-order valence-corrected chi connectivity index (χ4v) is 5.30. The Hall–Kier alpha value is -2.08. The number of amides is 1. The molecule has 2 heterocycles. The quantitative estimate of drug-likeness (QED) is 0.692. The minimum Gasteiger partial charge on any atom is -0.493 e. The molecule has 0 atom stereocenters. The van der Waals surface area contributed by atoms with Gasteiger partial charge in [0.15, 0.2) is 5.13 Å². The van der Waals surface area contributed by atoms with Gasteiger partial charge < -0.3 is 15.0 Å². The van der Waals surface area contributed by atoms with Crippen molar-refractivity contribution in [3.05, 3.63) is 29.1 Å². The molecule has 1 aliphatic carbocycles. The summed E-state index contributed by atoms with van der Waals surface area (Å²) >= 11 is 1.76. The van der Waals surface area contributed by atoms with Crippen molar-refractivity contribution < 1.29 is 9.53 Å². The first kappa shape index (κ1) is 19.2. The summed E-state index contributed by atoms with van der Waals surface area (Å²) in [4.78, 5) is 19.5. The summed E-state index contributed by atoms with van der Waals surface area (Å²) in [6, 6.07) is 8.61. The number of carbonyl (C=O) groups excluding carboxylic acids is 1. The van der Waals surface area contributed by atoms with Gasteiger partial charge in [-0.3, -0.25) is 4.79 Å². The Morgan fingerprint density at radius 1 is 1.29 bits per heavy atom. The van der Waals surface area contributed by atoms with Crippen LogP contribution in [0.3, 0.4) is 0 Å². The molecule has 28 heavy (non-hydrogen) atoms. The van der Waals surface area contributed by atoms with E-state index in [1.165, 1.54) is 17.7 Å². The van der Waals surface area contributed by atoms with E-state index in [0.29, 0.717) is 18.6 Å². The molecule has 0 unspecified atom stereocenters. The second kappa shape index (κ2) is 8.95. The van der Waals surface area contributed by atoms with Gasteiger partial charge in [-0.2, -0.15) is 0 Å². The zero-order valence-electron chi connectivity index (χ0n) is 16.5. The highest BCUT2D eigenvalue weighted by Crippen LogP contribution is 2.39. The van der Waals surface area contributed by atoms with Gasteiger partial charge in [-0.15, -0.1) is 11.3 Å². The Bertz CT molecular complexity index is 799. The van der Waals surface area contributed by atoms with Crippen LogP contribution in [0.15, 0.2) is 24.3 Å². The summed E-state index contributed by atoms with van der Waals surface area (Å²) in [7, 11) is 0. The van der Waals surface area contributed by atoms with E-state index in [2.05, 4.69) is 18.3 Å². The average Bonchev–Trinajstić information content (AvgIpc) is 3.06. The van der Waals surface area contributed by atoms with Crippen molar-refractivity contribution in [1.82, 2.24) is 9.88 Å². The van der Waals surface area contributed by atoms with Gasteiger partial charge >= 0.3 is 0 Å². The van der Waals surface area contributed by atoms with Crippen molar-refractivity contribution in [2.24, 2.45) is 5.92 Å². The van der Waals surface area contributed by atoms with Crippen molar-refractivity contribution in [1.29, 1.82) is 0 Å². The van der Waals surface area contributed by atoms with Crippen LogP contribution >= 0.6 is 11.3 Å². The molecule has 1 saturated carbocycles. The van der Waals surface area contributed by atoms with Gasteiger partial charge in [0, 0.05) is 36.0 Å². The zero-order chi connectivity index (χ0) is 19.3. The fraction of sp³-hybridized carbons (Fsp3) is 0.545. The summed E-state index contributed by atoms with van der Waals surface area (Å²) in [5.74, 6) is 1.59. The minimum atomic E-state index is 0.432. The van der Waals surface area contributed by atoms with E-state index in [0.717, 1.165) is 67.3 Å². The molecule has 0 radical (unpaired) electrons. The van der Waals surface area contributed by atoms with Crippen LogP contribution < -0.4 is 10.1 Å². The van der Waals surface area contributed by atoms with Crippen molar-refractivity contribution in [2.75, 3.05) is 25.0 Å². The third-order valence-electron chi connectivity index (χ3n) is 5.87. The third kappa shape index (κ3) is 4.17. The van der Waals surface area contributed by atoms with E-state index in [9.17, 15) is 4.79 Å². The largest absolute Gasteiger partial charge is 0.493 e. The van der Waals surface area contributed by atoms with Gasteiger partial charge in [0.25, 0.3) is 0 Å². The Morgan fingerprint density at radius 2 is 2.11 bits per heavy atom. The molecule has 1 aromatic heterocycles. The van der Waals surface area contributed by atoms with E-state index in [1.54, 1.807) is 11.3 Å². The Labute approximate surface area is 171 Å². The summed E-state index contributed by atoms with van der Waals surface area (Å²) in [5, 5.41) is 4.61. The van der Waals surface area contributed by atoms with Gasteiger partial charge in [-0.1, -0.05) is 19.1 Å². The molecule has 0 spiro atoms. The van der Waals surface area contributed by atoms with Crippen LogP contribution in [-0.4, -0.2) is 42.0 Å². The standard InChI is InChI=1S/C22H29N3O2S/c1-2-12-25(15-26)17-9-7-16(8-10-17)14-23-22-24-21-18-5-3-4-6-19(18)27-13-11-20(21)28-22/h3-6,15-17H,2,7-14H2,1H3,(H,23,24). The SMILES string of the molecule is CCCN(C=O)C1CCC(CNc2nc3c(s2)CCOc2ccccc2-3)CC1. The maximum Gasteiger partial charge on any atom is 0.209 e. The normalized spacial score (nSPS) is 21.0. The van der Waals surface area contributed by atoms with E-state index < -0.39 is 0 Å². The maximum absolute atomic E-state index is 11.3. The number of nitrogens with one attached hydrogen (secondary N) is 1. The molecule has 0 bridgehead atoms. The first-order chi connectivity index (χ1) is 13.8. The molecule has 1 fully saturated rings. The number of anilines is 1. The van der Waals surface area contributed by atoms with E-state index in [4.69, 9.17) is 9.72 Å². The molecule has 1 amide bonds. The van der Waals surface area contributed by atoms with Crippen molar-refractivity contribution in [2.45, 2.75) is 51.5 Å². The molecule has 1 aliphatic heterocycles. The average molecular weight is 400 g/mol. The highest BCUT2D eigenvalue weighted by molar-refractivity contribution is 7.16. The van der Waals surface area contributed by atoms with Crippen LogP contribution in [0.25, 0.3) is 11.3 Å². The van der Waals surface area contributed by atoms with Crippen LogP contribution in [0.5, 0.6) is 5.75 Å². The van der Waals surface area contributed by atoms with Crippen LogP contribution in [0.1, 0.15) is 43.9 Å². The molecule has 2 aromatic rings. The summed E-state index contributed by atoms with van der Waals surface area (Å²) in [5.41, 5.74) is 2.18. The van der Waals surface area contributed by atoms with Crippen molar-refractivity contribution in [3.8, 4) is 17.0 Å². The highest BCUT2D eigenvalue weighted by Gasteiger charge is 2.25. The Morgan fingerprint density at radius 3 is 2.89 bits per heavy atom. The molecule has 0 saturated heterocycles. The Kier molecular flexibility index (Phi) is 6.15. The van der Waals surface area contributed by atoms with E-state index in [1.807, 2.05) is 23.1 Å². The lowest BCUT2D eigenvalue weighted by Crippen LogP contribution is -2.38. The zero-order valence-corrected chi connectivity index (χ0v) is 17.3. The van der Waals surface area contributed by atoms with Crippen LogP contribution in [0.4, 0.5) is 5.13 Å². The van der Waals surface area contributed by atoms with Gasteiger partial charge in [0.05, 0.1) is 12.3 Å². The van der Waals surface area contributed by atoms with Gasteiger partial charge in [0.2, 0.25) is 6.41 Å². The predicted molar refractivity (Wildman–Crippen MR) is 114 cm³/mol. The molecule has 5 nitrogen and oxygen atoms in total. The number of thiazole rings is 1. The molecule has 4 rings (SSSR count). The lowest BCUT2D eigenvalue weighted by atomic mass is 9.85. The first-order valence-corrected chi connectivity index (χ1v) is 11.3. The third-order valence-corrected chi connectivity index (χ3v) is 6.94. The first-order valence-electron chi connectivity index (χ1n) is 10.4. The van der Waals surface area contributed by atoms with Crippen molar-refractivity contribution in [3.63, 3.8) is 0 Å². The van der Waals surface area contributed by atoms with Crippen LogP contribution in [0, 0.1) is 5.92 Å². The van der Waals surface area contributed by atoms with Crippen LogP contribution in [0.2, 0.25) is 0 Å².